The molecule has 1 aromatic rings. The molecule has 0 aliphatic carbocycles. The first kappa shape index (κ1) is 13.3. The second-order valence-corrected chi connectivity index (χ2v) is 4.59. The SMILES string of the molecule is CCc1cc(C(N)C2COCCN2)ccc1OC. The molecule has 0 radical (unpaired) electrons. The monoisotopic (exact) mass is 250 g/mol. The summed E-state index contributed by atoms with van der Waals surface area (Å²) >= 11 is 0. The smallest absolute Gasteiger partial charge is 0.122 e. The van der Waals surface area contributed by atoms with Crippen molar-refractivity contribution in [2.24, 2.45) is 5.73 Å². The first-order chi connectivity index (χ1) is 8.76. The van der Waals surface area contributed by atoms with E-state index < -0.39 is 0 Å². The number of nitrogens with two attached hydrogens (primary N) is 1. The molecule has 0 aromatic heterocycles. The van der Waals surface area contributed by atoms with Crippen molar-refractivity contribution in [2.45, 2.75) is 25.4 Å². The largest absolute Gasteiger partial charge is 0.496 e. The molecule has 0 amide bonds. The molecular formula is C14H22N2O2. The molecule has 100 valence electrons. The van der Waals surface area contributed by atoms with Crippen molar-refractivity contribution in [3.8, 4) is 5.75 Å². The van der Waals surface area contributed by atoms with Gasteiger partial charge in [-0.15, -0.1) is 0 Å². The maximum atomic E-state index is 6.30. The zero-order chi connectivity index (χ0) is 13.0. The molecule has 4 nitrogen and oxygen atoms in total. The third kappa shape index (κ3) is 2.83. The Morgan fingerprint density at radius 3 is 3.00 bits per heavy atom. The number of rotatable bonds is 4. The maximum absolute atomic E-state index is 6.30. The topological polar surface area (TPSA) is 56.5 Å². The van der Waals surface area contributed by atoms with Gasteiger partial charge >= 0.3 is 0 Å². The Hall–Kier alpha value is -1.10. The van der Waals surface area contributed by atoms with Gasteiger partial charge in [-0.1, -0.05) is 19.1 Å². The first-order valence-electron chi connectivity index (χ1n) is 6.49. The van der Waals surface area contributed by atoms with Crippen molar-refractivity contribution in [1.29, 1.82) is 0 Å². The Balaban J connectivity index is 2.16. The minimum Gasteiger partial charge on any atom is -0.496 e. The zero-order valence-electron chi connectivity index (χ0n) is 11.1. The van der Waals surface area contributed by atoms with Gasteiger partial charge in [0.25, 0.3) is 0 Å². The normalized spacial score (nSPS) is 21.6. The number of ether oxygens (including phenoxy) is 2. The van der Waals surface area contributed by atoms with Crippen LogP contribution in [0.15, 0.2) is 18.2 Å². The standard InChI is InChI=1S/C14H22N2O2/c1-3-10-8-11(4-5-13(10)17-2)14(15)12-9-18-7-6-16-12/h4-5,8,12,14,16H,3,6-7,9,15H2,1-2H3. The summed E-state index contributed by atoms with van der Waals surface area (Å²) in [6.45, 7) is 4.44. The van der Waals surface area contributed by atoms with Gasteiger partial charge in [-0.2, -0.15) is 0 Å². The fourth-order valence-corrected chi connectivity index (χ4v) is 2.33. The average molecular weight is 250 g/mol. The van der Waals surface area contributed by atoms with E-state index >= 15 is 0 Å². The van der Waals surface area contributed by atoms with E-state index in [1.807, 2.05) is 12.1 Å². The summed E-state index contributed by atoms with van der Waals surface area (Å²) in [6.07, 6.45) is 0.943. The fourth-order valence-electron chi connectivity index (χ4n) is 2.33. The highest BCUT2D eigenvalue weighted by molar-refractivity contribution is 5.38. The van der Waals surface area contributed by atoms with Crippen LogP contribution in [-0.4, -0.2) is 32.9 Å². The molecule has 0 spiro atoms. The Kier molecular flexibility index (Phi) is 4.58. The fraction of sp³-hybridized carbons (Fsp3) is 0.571. The number of morpholine rings is 1. The lowest BCUT2D eigenvalue weighted by molar-refractivity contribution is 0.0685. The molecule has 1 heterocycles. The molecule has 2 rings (SSSR count). The van der Waals surface area contributed by atoms with Crippen LogP contribution < -0.4 is 15.8 Å². The van der Waals surface area contributed by atoms with Crippen LogP contribution in [0.25, 0.3) is 0 Å². The van der Waals surface area contributed by atoms with Crippen molar-refractivity contribution < 1.29 is 9.47 Å². The summed E-state index contributed by atoms with van der Waals surface area (Å²) < 4.78 is 10.8. The third-order valence-corrected chi connectivity index (χ3v) is 3.45. The molecule has 1 saturated heterocycles. The van der Waals surface area contributed by atoms with E-state index in [2.05, 4.69) is 18.3 Å². The summed E-state index contributed by atoms with van der Waals surface area (Å²) in [6, 6.07) is 6.33. The van der Waals surface area contributed by atoms with E-state index in [1.165, 1.54) is 5.56 Å². The molecule has 3 N–H and O–H groups in total. The Morgan fingerprint density at radius 2 is 2.39 bits per heavy atom. The molecule has 1 aromatic carbocycles. The molecule has 2 unspecified atom stereocenters. The van der Waals surface area contributed by atoms with Crippen molar-refractivity contribution >= 4 is 0 Å². The van der Waals surface area contributed by atoms with Crippen molar-refractivity contribution in [3.63, 3.8) is 0 Å². The van der Waals surface area contributed by atoms with Gasteiger partial charge in [0, 0.05) is 18.6 Å². The lowest BCUT2D eigenvalue weighted by Crippen LogP contribution is -2.47. The summed E-state index contributed by atoms with van der Waals surface area (Å²) in [5, 5.41) is 3.40. The van der Waals surface area contributed by atoms with Gasteiger partial charge in [-0.05, 0) is 23.6 Å². The summed E-state index contributed by atoms with van der Waals surface area (Å²) in [5.74, 6) is 0.932. The van der Waals surface area contributed by atoms with E-state index in [0.717, 1.165) is 30.9 Å². The van der Waals surface area contributed by atoms with Crippen LogP contribution in [0.5, 0.6) is 5.75 Å². The lowest BCUT2D eigenvalue weighted by atomic mass is 9.97. The number of hydrogen-bond acceptors (Lipinski definition) is 4. The molecule has 2 atom stereocenters. The molecular weight excluding hydrogens is 228 g/mol. The number of nitrogens with one attached hydrogen (secondary N) is 1. The highest BCUT2D eigenvalue weighted by Crippen LogP contribution is 2.24. The summed E-state index contributed by atoms with van der Waals surface area (Å²) in [7, 11) is 1.70. The lowest BCUT2D eigenvalue weighted by Gasteiger charge is -2.29. The average Bonchev–Trinajstić information content (AvgIpc) is 2.46. The van der Waals surface area contributed by atoms with Crippen molar-refractivity contribution in [3.05, 3.63) is 29.3 Å². The molecule has 0 saturated carbocycles. The number of aryl methyl sites for hydroxylation is 1. The molecule has 0 bridgehead atoms. The number of benzene rings is 1. The maximum Gasteiger partial charge on any atom is 0.122 e. The van der Waals surface area contributed by atoms with E-state index in [-0.39, 0.29) is 12.1 Å². The number of hydrogen-bond donors (Lipinski definition) is 2. The predicted molar refractivity (Wildman–Crippen MR) is 71.9 cm³/mol. The third-order valence-electron chi connectivity index (χ3n) is 3.45. The highest BCUT2D eigenvalue weighted by Gasteiger charge is 2.22. The van der Waals surface area contributed by atoms with E-state index in [1.54, 1.807) is 7.11 Å². The Morgan fingerprint density at radius 1 is 1.56 bits per heavy atom. The molecule has 1 fully saturated rings. The van der Waals surface area contributed by atoms with E-state index in [9.17, 15) is 0 Å². The van der Waals surface area contributed by atoms with Gasteiger partial charge in [0.2, 0.25) is 0 Å². The minimum atomic E-state index is -0.0403. The van der Waals surface area contributed by atoms with Gasteiger partial charge in [0.05, 0.1) is 20.3 Å². The Labute approximate surface area is 108 Å². The van der Waals surface area contributed by atoms with Crippen LogP contribution in [-0.2, 0) is 11.2 Å². The van der Waals surface area contributed by atoms with Gasteiger partial charge in [-0.3, -0.25) is 0 Å². The van der Waals surface area contributed by atoms with Gasteiger partial charge in [0.15, 0.2) is 0 Å². The molecule has 1 aliphatic heterocycles. The molecule has 18 heavy (non-hydrogen) atoms. The molecule has 1 aliphatic rings. The van der Waals surface area contributed by atoms with Crippen LogP contribution in [0, 0.1) is 0 Å². The van der Waals surface area contributed by atoms with Crippen molar-refractivity contribution in [1.82, 2.24) is 5.32 Å². The quantitative estimate of drug-likeness (QED) is 0.844. The first-order valence-corrected chi connectivity index (χ1v) is 6.49. The Bertz CT molecular complexity index is 389. The van der Waals surface area contributed by atoms with Gasteiger partial charge in [0.1, 0.15) is 5.75 Å². The minimum absolute atomic E-state index is 0.0403. The summed E-state index contributed by atoms with van der Waals surface area (Å²) in [4.78, 5) is 0. The predicted octanol–water partition coefficient (Wildman–Crippen LogP) is 1.25. The van der Waals surface area contributed by atoms with E-state index in [4.69, 9.17) is 15.2 Å². The zero-order valence-corrected chi connectivity index (χ0v) is 11.1. The second-order valence-electron chi connectivity index (χ2n) is 4.59. The van der Waals surface area contributed by atoms with Crippen LogP contribution in [0.1, 0.15) is 24.1 Å². The van der Waals surface area contributed by atoms with Gasteiger partial charge < -0.3 is 20.5 Å². The van der Waals surface area contributed by atoms with Crippen LogP contribution in [0.4, 0.5) is 0 Å². The second kappa shape index (κ2) is 6.18. The van der Waals surface area contributed by atoms with Crippen molar-refractivity contribution in [2.75, 3.05) is 26.9 Å². The van der Waals surface area contributed by atoms with Crippen LogP contribution in [0.2, 0.25) is 0 Å². The van der Waals surface area contributed by atoms with Crippen LogP contribution >= 0.6 is 0 Å². The highest BCUT2D eigenvalue weighted by atomic mass is 16.5. The van der Waals surface area contributed by atoms with Gasteiger partial charge in [-0.25, -0.2) is 0 Å². The number of methoxy groups -OCH3 is 1. The summed E-state index contributed by atoms with van der Waals surface area (Å²) in [5.41, 5.74) is 8.63. The molecule has 4 heteroatoms. The van der Waals surface area contributed by atoms with Crippen LogP contribution in [0.3, 0.4) is 0 Å². The van der Waals surface area contributed by atoms with E-state index in [0.29, 0.717) is 6.61 Å².